The number of aliphatic hydroxyl groups is 1. The molecular formula is C32H36N6O4S2. The SMILES string of the molecule is C=C(NCc1cc(=O)[nH]s1)c1ccc2c(c1)ncn2CCC(C)(C)NC[C@H](O)c1cccc(NS(=O)(=O)c2ccccc2)c1. The third-order valence-electron chi connectivity index (χ3n) is 7.35. The van der Waals surface area contributed by atoms with Crippen molar-refractivity contribution in [3.05, 3.63) is 118 Å². The molecule has 0 saturated heterocycles. The molecule has 0 aliphatic carbocycles. The first-order chi connectivity index (χ1) is 21.0. The fourth-order valence-electron chi connectivity index (χ4n) is 4.74. The largest absolute Gasteiger partial charge is 0.387 e. The molecule has 3 aromatic carbocycles. The summed E-state index contributed by atoms with van der Waals surface area (Å²) in [6, 6.07) is 22.6. The van der Waals surface area contributed by atoms with Crippen LogP contribution in [-0.4, -0.2) is 39.5 Å². The van der Waals surface area contributed by atoms with E-state index in [2.05, 4.69) is 49.7 Å². The highest BCUT2D eigenvalue weighted by Crippen LogP contribution is 2.23. The Morgan fingerprint density at radius 2 is 1.89 bits per heavy atom. The van der Waals surface area contributed by atoms with Gasteiger partial charge in [0.15, 0.2) is 0 Å². The number of fused-ring (bicyclic) bond motifs is 1. The standard InChI is InChI=1S/C32H36N6O4S2/c1-22(33-19-26-18-31(40)36-43-26)23-12-13-29-28(17-23)34-21-38(29)15-14-32(2,3)35-20-30(39)24-8-7-9-25(16-24)37-44(41,42)27-10-5-4-6-11-27/h4-13,16-18,21,30,33,35,37,39H,1,14-15,19-20H2,2-3H3,(H,36,40)/t30-/m0/s1. The Morgan fingerprint density at radius 3 is 2.64 bits per heavy atom. The van der Waals surface area contributed by atoms with Gasteiger partial charge in [0.1, 0.15) is 0 Å². The molecule has 0 saturated carbocycles. The van der Waals surface area contributed by atoms with Gasteiger partial charge in [-0.25, -0.2) is 13.4 Å². The summed E-state index contributed by atoms with van der Waals surface area (Å²) in [6.45, 7) is 9.82. The van der Waals surface area contributed by atoms with Crippen molar-refractivity contribution in [1.82, 2.24) is 24.6 Å². The van der Waals surface area contributed by atoms with Gasteiger partial charge in [-0.05, 0) is 67.8 Å². The van der Waals surface area contributed by atoms with E-state index in [0.717, 1.165) is 33.6 Å². The number of imidazole rings is 1. The Labute approximate surface area is 260 Å². The molecule has 2 heterocycles. The van der Waals surface area contributed by atoms with Crippen LogP contribution in [0.3, 0.4) is 0 Å². The van der Waals surface area contributed by atoms with Crippen molar-refractivity contribution < 1.29 is 13.5 Å². The molecule has 0 radical (unpaired) electrons. The van der Waals surface area contributed by atoms with Gasteiger partial charge in [0.25, 0.3) is 15.6 Å². The Kier molecular flexibility index (Phi) is 9.35. The van der Waals surface area contributed by atoms with Crippen LogP contribution in [0.4, 0.5) is 5.69 Å². The van der Waals surface area contributed by atoms with Crippen molar-refractivity contribution >= 4 is 44.0 Å². The summed E-state index contributed by atoms with van der Waals surface area (Å²) in [4.78, 5) is 17.0. The average Bonchev–Trinajstić information content (AvgIpc) is 3.63. The van der Waals surface area contributed by atoms with Crippen molar-refractivity contribution in [3.8, 4) is 0 Å². The molecular weight excluding hydrogens is 597 g/mol. The van der Waals surface area contributed by atoms with Crippen LogP contribution in [0.1, 0.15) is 42.4 Å². The van der Waals surface area contributed by atoms with E-state index in [0.29, 0.717) is 30.9 Å². The molecule has 44 heavy (non-hydrogen) atoms. The number of aryl methyl sites for hydroxylation is 1. The zero-order chi connectivity index (χ0) is 31.3. The minimum Gasteiger partial charge on any atom is -0.387 e. The van der Waals surface area contributed by atoms with Crippen LogP contribution in [0.2, 0.25) is 0 Å². The van der Waals surface area contributed by atoms with Gasteiger partial charge < -0.3 is 20.3 Å². The summed E-state index contributed by atoms with van der Waals surface area (Å²) in [7, 11) is -3.73. The van der Waals surface area contributed by atoms with E-state index in [1.165, 1.54) is 23.7 Å². The summed E-state index contributed by atoms with van der Waals surface area (Å²) < 4.78 is 32.8. The molecule has 10 nitrogen and oxygen atoms in total. The number of aliphatic hydroxyl groups excluding tert-OH is 1. The molecule has 12 heteroatoms. The lowest BCUT2D eigenvalue weighted by atomic mass is 9.99. The van der Waals surface area contributed by atoms with Gasteiger partial charge in [-0.3, -0.25) is 13.9 Å². The second-order valence-electron chi connectivity index (χ2n) is 11.2. The van der Waals surface area contributed by atoms with Crippen LogP contribution >= 0.6 is 11.5 Å². The van der Waals surface area contributed by atoms with Gasteiger partial charge in [0, 0.05) is 41.0 Å². The van der Waals surface area contributed by atoms with Crippen LogP contribution in [-0.2, 0) is 23.1 Å². The van der Waals surface area contributed by atoms with E-state index >= 15 is 0 Å². The fraction of sp³-hybridized carbons (Fsp3) is 0.250. The molecule has 1 atom stereocenters. The topological polar surface area (TPSA) is 141 Å². The Hall–Kier alpha value is -4.23. The maximum Gasteiger partial charge on any atom is 0.261 e. The Morgan fingerprint density at radius 1 is 1.09 bits per heavy atom. The summed E-state index contributed by atoms with van der Waals surface area (Å²) in [6.07, 6.45) is 1.77. The first kappa shape index (κ1) is 31.2. The highest BCUT2D eigenvalue weighted by atomic mass is 32.2. The third-order valence-corrected chi connectivity index (χ3v) is 9.57. The van der Waals surface area contributed by atoms with E-state index in [4.69, 9.17) is 0 Å². The quantitative estimate of drug-likeness (QED) is 0.118. The van der Waals surface area contributed by atoms with Crippen LogP contribution in [0.25, 0.3) is 16.7 Å². The summed E-state index contributed by atoms with van der Waals surface area (Å²) in [5.41, 5.74) is 4.15. The monoisotopic (exact) mass is 632 g/mol. The zero-order valence-electron chi connectivity index (χ0n) is 24.6. The summed E-state index contributed by atoms with van der Waals surface area (Å²) in [5, 5.41) is 17.6. The van der Waals surface area contributed by atoms with Crippen molar-refractivity contribution in [2.24, 2.45) is 0 Å². The predicted octanol–water partition coefficient (Wildman–Crippen LogP) is 4.84. The number of aromatic nitrogens is 3. The third kappa shape index (κ3) is 7.83. The first-order valence-corrected chi connectivity index (χ1v) is 16.5. The number of hydrogen-bond donors (Lipinski definition) is 5. The number of nitrogens with zero attached hydrogens (tertiary/aromatic N) is 2. The number of H-pyrrole nitrogens is 1. The molecule has 0 amide bonds. The number of β-amino-alcohol motifs (C(OH)–C–C–N with tert-alkyl or cyclic N) is 1. The number of benzene rings is 3. The first-order valence-electron chi connectivity index (χ1n) is 14.2. The number of anilines is 1. The Balaban J connectivity index is 1.14. The van der Waals surface area contributed by atoms with Crippen LogP contribution in [0.15, 0.2) is 101 Å². The van der Waals surface area contributed by atoms with Crippen LogP contribution < -0.4 is 20.9 Å². The minimum atomic E-state index is -3.73. The predicted molar refractivity (Wildman–Crippen MR) is 176 cm³/mol. The van der Waals surface area contributed by atoms with Crippen molar-refractivity contribution in [2.75, 3.05) is 11.3 Å². The maximum atomic E-state index is 12.7. The Bertz CT molecular complexity index is 1910. The molecule has 0 fully saturated rings. The lowest BCUT2D eigenvalue weighted by Crippen LogP contribution is -2.42. The average molecular weight is 633 g/mol. The summed E-state index contributed by atoms with van der Waals surface area (Å²) >= 11 is 1.31. The molecule has 0 aliphatic rings. The smallest absolute Gasteiger partial charge is 0.261 e. The van der Waals surface area contributed by atoms with E-state index in [9.17, 15) is 18.3 Å². The number of nitrogens with one attached hydrogen (secondary N) is 4. The lowest BCUT2D eigenvalue weighted by Gasteiger charge is -2.28. The van der Waals surface area contributed by atoms with Gasteiger partial charge in [0.2, 0.25) is 0 Å². The lowest BCUT2D eigenvalue weighted by molar-refractivity contribution is 0.158. The van der Waals surface area contributed by atoms with Crippen molar-refractivity contribution in [2.45, 2.75) is 49.9 Å². The zero-order valence-corrected chi connectivity index (χ0v) is 26.2. The molecule has 5 rings (SSSR count). The van der Waals surface area contributed by atoms with E-state index < -0.39 is 16.1 Å². The molecule has 230 valence electrons. The van der Waals surface area contributed by atoms with Gasteiger partial charge in [-0.1, -0.05) is 54.5 Å². The van der Waals surface area contributed by atoms with E-state index in [1.54, 1.807) is 48.5 Å². The van der Waals surface area contributed by atoms with Crippen LogP contribution in [0, 0.1) is 0 Å². The number of aromatic amines is 1. The van der Waals surface area contributed by atoms with E-state index in [-0.39, 0.29) is 16.0 Å². The molecule has 5 aromatic rings. The second kappa shape index (κ2) is 13.2. The van der Waals surface area contributed by atoms with Gasteiger partial charge in [-0.2, -0.15) is 0 Å². The van der Waals surface area contributed by atoms with Gasteiger partial charge >= 0.3 is 0 Å². The maximum absolute atomic E-state index is 12.7. The number of rotatable bonds is 14. The van der Waals surface area contributed by atoms with E-state index in [1.807, 2.05) is 24.5 Å². The van der Waals surface area contributed by atoms with Crippen molar-refractivity contribution in [1.29, 1.82) is 0 Å². The molecule has 0 bridgehead atoms. The number of sulfonamides is 1. The molecule has 0 spiro atoms. The van der Waals surface area contributed by atoms with Crippen LogP contribution in [0.5, 0.6) is 0 Å². The normalized spacial score (nSPS) is 12.7. The fourth-order valence-corrected chi connectivity index (χ4v) is 6.41. The van der Waals surface area contributed by atoms with Gasteiger partial charge in [0.05, 0.1) is 34.9 Å². The highest BCUT2D eigenvalue weighted by molar-refractivity contribution is 7.92. The van der Waals surface area contributed by atoms with Gasteiger partial charge in [-0.15, -0.1) is 0 Å². The highest BCUT2D eigenvalue weighted by Gasteiger charge is 2.21. The molecule has 0 aliphatic heterocycles. The molecule has 0 unspecified atom stereocenters. The molecule has 5 N–H and O–H groups in total. The molecule has 2 aromatic heterocycles. The second-order valence-corrected chi connectivity index (χ2v) is 13.8. The number of hydrogen-bond acceptors (Lipinski definition) is 8. The minimum absolute atomic E-state index is 0.101. The van der Waals surface area contributed by atoms with Crippen molar-refractivity contribution in [3.63, 3.8) is 0 Å². The summed E-state index contributed by atoms with van der Waals surface area (Å²) in [5.74, 6) is 0.